The van der Waals surface area contributed by atoms with E-state index >= 15 is 0 Å². The maximum Gasteiger partial charge on any atom is 0.267 e. The number of hydrogen-bond acceptors (Lipinski definition) is 3. The van der Waals surface area contributed by atoms with Crippen LogP contribution < -0.4 is 10.5 Å². The summed E-state index contributed by atoms with van der Waals surface area (Å²) in [6, 6.07) is 1.25. The van der Waals surface area contributed by atoms with Gasteiger partial charge in [-0.15, -0.1) is 0 Å². The van der Waals surface area contributed by atoms with Crippen molar-refractivity contribution in [1.29, 1.82) is 0 Å². The fourth-order valence-corrected chi connectivity index (χ4v) is 2.87. The zero-order valence-corrected chi connectivity index (χ0v) is 11.7. The molecule has 0 bridgehead atoms. The number of H-pyrrole nitrogens is 1. The van der Waals surface area contributed by atoms with Crippen LogP contribution in [0.2, 0.25) is 0 Å². The SMILES string of the molecule is CCC1(CNC(=O)c2cc(S(N)(=O)=O)c[nH]2)CCC1. The van der Waals surface area contributed by atoms with E-state index in [9.17, 15) is 13.2 Å². The number of primary sulfonamides is 1. The Hall–Kier alpha value is -1.34. The van der Waals surface area contributed by atoms with Crippen molar-refractivity contribution in [3.05, 3.63) is 18.0 Å². The second-order valence-corrected chi connectivity index (χ2v) is 6.75. The van der Waals surface area contributed by atoms with Crippen LogP contribution in [0.4, 0.5) is 0 Å². The fourth-order valence-electron chi connectivity index (χ4n) is 2.36. The van der Waals surface area contributed by atoms with Crippen molar-refractivity contribution in [2.45, 2.75) is 37.5 Å². The highest BCUT2D eigenvalue weighted by Crippen LogP contribution is 2.43. The van der Waals surface area contributed by atoms with Crippen molar-refractivity contribution in [2.24, 2.45) is 10.6 Å². The number of nitrogens with one attached hydrogen (secondary N) is 2. The summed E-state index contributed by atoms with van der Waals surface area (Å²) < 4.78 is 22.2. The molecular weight excluding hydrogens is 266 g/mol. The molecule has 0 aromatic carbocycles. The first-order valence-electron chi connectivity index (χ1n) is 6.36. The predicted octanol–water partition coefficient (Wildman–Crippen LogP) is 0.972. The van der Waals surface area contributed by atoms with E-state index in [4.69, 9.17) is 5.14 Å². The highest BCUT2D eigenvalue weighted by atomic mass is 32.2. The molecule has 7 heteroatoms. The summed E-state index contributed by atoms with van der Waals surface area (Å²) >= 11 is 0. The molecule has 1 aromatic rings. The molecule has 0 atom stereocenters. The number of carbonyl (C=O) groups is 1. The number of sulfonamides is 1. The molecule has 106 valence electrons. The second-order valence-electron chi connectivity index (χ2n) is 5.18. The molecule has 4 N–H and O–H groups in total. The van der Waals surface area contributed by atoms with Crippen LogP contribution in [0, 0.1) is 5.41 Å². The largest absolute Gasteiger partial charge is 0.356 e. The smallest absolute Gasteiger partial charge is 0.267 e. The number of aromatic nitrogens is 1. The molecule has 1 aliphatic rings. The summed E-state index contributed by atoms with van der Waals surface area (Å²) in [5, 5.41) is 7.84. The third kappa shape index (κ3) is 2.98. The third-order valence-electron chi connectivity index (χ3n) is 4.02. The van der Waals surface area contributed by atoms with Gasteiger partial charge in [0.2, 0.25) is 10.0 Å². The number of amides is 1. The monoisotopic (exact) mass is 285 g/mol. The lowest BCUT2D eigenvalue weighted by molar-refractivity contribution is 0.0846. The number of rotatable bonds is 5. The van der Waals surface area contributed by atoms with Crippen LogP contribution in [0.15, 0.2) is 17.2 Å². The van der Waals surface area contributed by atoms with E-state index in [1.54, 1.807) is 0 Å². The molecule has 2 rings (SSSR count). The van der Waals surface area contributed by atoms with Crippen molar-refractivity contribution in [3.63, 3.8) is 0 Å². The maximum absolute atomic E-state index is 11.9. The molecular formula is C12H19N3O3S. The average molecular weight is 285 g/mol. The first-order valence-corrected chi connectivity index (χ1v) is 7.90. The molecule has 0 aliphatic heterocycles. The van der Waals surface area contributed by atoms with E-state index in [1.165, 1.54) is 18.7 Å². The van der Waals surface area contributed by atoms with Gasteiger partial charge in [0, 0.05) is 12.7 Å². The standard InChI is InChI=1S/C12H19N3O3S/c1-2-12(4-3-5-12)8-15-11(16)10-6-9(7-14-10)19(13,17)18/h6-7,14H,2-5,8H2,1H3,(H,15,16)(H2,13,17,18). The Bertz CT molecular complexity index is 567. The van der Waals surface area contributed by atoms with Crippen LogP contribution >= 0.6 is 0 Å². The molecule has 1 fully saturated rings. The molecule has 1 saturated carbocycles. The number of nitrogens with two attached hydrogens (primary N) is 1. The van der Waals surface area contributed by atoms with Gasteiger partial charge in [0.05, 0.1) is 4.90 Å². The summed E-state index contributed by atoms with van der Waals surface area (Å²) in [5.74, 6) is -0.297. The lowest BCUT2D eigenvalue weighted by atomic mass is 9.67. The molecule has 0 spiro atoms. The van der Waals surface area contributed by atoms with E-state index in [1.807, 2.05) is 0 Å². The van der Waals surface area contributed by atoms with Crippen molar-refractivity contribution in [1.82, 2.24) is 10.3 Å². The summed E-state index contributed by atoms with van der Waals surface area (Å²) in [6.45, 7) is 2.76. The number of aromatic amines is 1. The van der Waals surface area contributed by atoms with Gasteiger partial charge in [-0.1, -0.05) is 13.3 Å². The first kappa shape index (κ1) is 14.1. The summed E-state index contributed by atoms with van der Waals surface area (Å²) in [5.41, 5.74) is 0.444. The van der Waals surface area contributed by atoms with Crippen LogP contribution in [0.25, 0.3) is 0 Å². The predicted molar refractivity (Wildman–Crippen MR) is 71.1 cm³/mol. The van der Waals surface area contributed by atoms with Gasteiger partial charge in [-0.25, -0.2) is 13.6 Å². The summed E-state index contributed by atoms with van der Waals surface area (Å²) in [7, 11) is -3.77. The van der Waals surface area contributed by atoms with Gasteiger partial charge in [-0.3, -0.25) is 4.79 Å². The number of hydrogen-bond donors (Lipinski definition) is 3. The van der Waals surface area contributed by atoms with E-state index in [2.05, 4.69) is 17.2 Å². The lowest BCUT2D eigenvalue weighted by Gasteiger charge is -2.41. The molecule has 1 aromatic heterocycles. The highest BCUT2D eigenvalue weighted by Gasteiger charge is 2.35. The van der Waals surface area contributed by atoms with Gasteiger partial charge >= 0.3 is 0 Å². The van der Waals surface area contributed by atoms with Crippen LogP contribution in [-0.2, 0) is 10.0 Å². The zero-order valence-electron chi connectivity index (χ0n) is 10.9. The van der Waals surface area contributed by atoms with Crippen LogP contribution in [0.3, 0.4) is 0 Å². The van der Waals surface area contributed by atoms with Gasteiger partial charge < -0.3 is 10.3 Å². The van der Waals surface area contributed by atoms with E-state index in [0.717, 1.165) is 19.3 Å². The maximum atomic E-state index is 11.9. The Morgan fingerprint density at radius 1 is 1.53 bits per heavy atom. The van der Waals surface area contributed by atoms with Gasteiger partial charge in [-0.05, 0) is 30.7 Å². The van der Waals surface area contributed by atoms with E-state index < -0.39 is 10.0 Å². The van der Waals surface area contributed by atoms with Crippen LogP contribution in [0.1, 0.15) is 43.1 Å². The minimum atomic E-state index is -3.77. The van der Waals surface area contributed by atoms with Crippen molar-refractivity contribution < 1.29 is 13.2 Å². The molecule has 1 amide bonds. The topological polar surface area (TPSA) is 105 Å². The van der Waals surface area contributed by atoms with Crippen LogP contribution in [0.5, 0.6) is 0 Å². The van der Waals surface area contributed by atoms with Crippen molar-refractivity contribution in [2.75, 3.05) is 6.54 Å². The van der Waals surface area contributed by atoms with Crippen molar-refractivity contribution >= 4 is 15.9 Å². The van der Waals surface area contributed by atoms with Gasteiger partial charge in [0.1, 0.15) is 5.69 Å². The van der Waals surface area contributed by atoms with Gasteiger partial charge in [0.15, 0.2) is 0 Å². The zero-order chi connectivity index (χ0) is 14.1. The minimum absolute atomic E-state index is 0.0773. The first-order chi connectivity index (χ1) is 8.86. The van der Waals surface area contributed by atoms with Gasteiger partial charge in [0.25, 0.3) is 5.91 Å². The van der Waals surface area contributed by atoms with Gasteiger partial charge in [-0.2, -0.15) is 0 Å². The quantitative estimate of drug-likeness (QED) is 0.750. The highest BCUT2D eigenvalue weighted by molar-refractivity contribution is 7.89. The van der Waals surface area contributed by atoms with E-state index in [0.29, 0.717) is 6.54 Å². The minimum Gasteiger partial charge on any atom is -0.356 e. The molecule has 0 unspecified atom stereocenters. The Balaban J connectivity index is 1.99. The molecule has 1 aliphatic carbocycles. The van der Waals surface area contributed by atoms with Crippen molar-refractivity contribution in [3.8, 4) is 0 Å². The number of carbonyl (C=O) groups excluding carboxylic acids is 1. The van der Waals surface area contributed by atoms with E-state index in [-0.39, 0.29) is 21.9 Å². The molecule has 0 radical (unpaired) electrons. The Morgan fingerprint density at radius 2 is 2.21 bits per heavy atom. The summed E-state index contributed by atoms with van der Waals surface area (Å²) in [4.78, 5) is 14.5. The average Bonchev–Trinajstić information content (AvgIpc) is 2.76. The second kappa shape index (κ2) is 4.97. The third-order valence-corrected chi connectivity index (χ3v) is 4.91. The molecule has 1 heterocycles. The summed E-state index contributed by atoms with van der Waals surface area (Å²) in [6.07, 6.45) is 5.75. The Kier molecular flexibility index (Phi) is 3.69. The fraction of sp³-hybridized carbons (Fsp3) is 0.583. The lowest BCUT2D eigenvalue weighted by Crippen LogP contribution is -2.41. The Morgan fingerprint density at radius 3 is 2.63 bits per heavy atom. The normalized spacial score (nSPS) is 17.8. The van der Waals surface area contributed by atoms with Crippen LogP contribution in [-0.4, -0.2) is 25.9 Å². The Labute approximate surface area is 112 Å². The molecule has 0 saturated heterocycles. The molecule has 6 nitrogen and oxygen atoms in total. The molecule has 19 heavy (non-hydrogen) atoms.